The molecule has 1 atom stereocenters. The lowest BCUT2D eigenvalue weighted by atomic mass is 10.1. The molecule has 8 heteroatoms. The molecule has 1 aliphatic rings. The molecule has 0 bridgehead atoms. The number of amidine groups is 1. The van der Waals surface area contributed by atoms with E-state index in [4.69, 9.17) is 10.1 Å². The van der Waals surface area contributed by atoms with Crippen molar-refractivity contribution in [1.82, 2.24) is 4.90 Å². The van der Waals surface area contributed by atoms with Crippen LogP contribution in [0.3, 0.4) is 0 Å². The van der Waals surface area contributed by atoms with E-state index in [1.807, 2.05) is 35.7 Å². The van der Waals surface area contributed by atoms with Crippen molar-refractivity contribution in [3.8, 4) is 5.75 Å². The highest BCUT2D eigenvalue weighted by molar-refractivity contribution is 7.12. The average molecular weight is 418 g/mol. The van der Waals surface area contributed by atoms with Gasteiger partial charge in [-0.05, 0) is 49.0 Å². The molecular weight excluding hydrogens is 393 g/mol. The summed E-state index contributed by atoms with van der Waals surface area (Å²) in [5.41, 5.74) is 1.95. The molecule has 3 rings (SSSR count). The molecule has 0 aliphatic carbocycles. The summed E-state index contributed by atoms with van der Waals surface area (Å²) in [6, 6.07) is 10.0. The number of nitrogens with zero attached hydrogens (tertiary/aromatic N) is 1. The van der Waals surface area contributed by atoms with Crippen LogP contribution in [0.25, 0.3) is 0 Å². The molecule has 3 N–H and O–H groups in total. The van der Waals surface area contributed by atoms with Gasteiger partial charge in [0.15, 0.2) is 0 Å². The van der Waals surface area contributed by atoms with E-state index in [1.54, 1.807) is 18.4 Å². The molecule has 1 aliphatic heterocycles. The fraction of sp³-hybridized carbons (Fsp3) is 0.389. The van der Waals surface area contributed by atoms with Gasteiger partial charge in [-0.25, -0.2) is 0 Å². The summed E-state index contributed by atoms with van der Waals surface area (Å²) in [5.74, 6) is 1.24. The summed E-state index contributed by atoms with van der Waals surface area (Å²) in [7, 11) is 1.67. The highest BCUT2D eigenvalue weighted by atomic mass is 35.5. The molecule has 0 saturated carbocycles. The number of hydrogen-bond donors (Lipinski definition) is 3. The predicted octanol–water partition coefficient (Wildman–Crippen LogP) is 3.99. The number of ether oxygens (including phenoxy) is 1. The number of anilines is 1. The van der Waals surface area contributed by atoms with Crippen LogP contribution in [0, 0.1) is 5.41 Å². The summed E-state index contributed by atoms with van der Waals surface area (Å²) >= 11 is 1.54. The van der Waals surface area contributed by atoms with Crippen molar-refractivity contribution >= 4 is 47.7 Å². The third-order valence-electron chi connectivity index (χ3n) is 4.40. The maximum atomic E-state index is 9.51. The second-order valence-corrected chi connectivity index (χ2v) is 6.90. The predicted molar refractivity (Wildman–Crippen MR) is 113 cm³/mol. The minimum atomic E-state index is 0. The molecule has 0 radical (unpaired) electrons. The molecule has 1 aromatic heterocycles. The first-order valence-electron chi connectivity index (χ1n) is 8.12. The molecule has 2 aromatic rings. The van der Waals surface area contributed by atoms with Gasteiger partial charge in [0, 0.05) is 23.8 Å². The monoisotopic (exact) mass is 417 g/mol. The summed E-state index contributed by atoms with van der Waals surface area (Å²) < 4.78 is 5.49. The number of likely N-dealkylation sites (tertiary alicyclic amines) is 1. The number of aliphatic hydroxyl groups is 1. The summed E-state index contributed by atoms with van der Waals surface area (Å²) in [6.07, 6.45) is 2.16. The number of hydrogen-bond acceptors (Lipinski definition) is 5. The Bertz CT molecular complexity index is 698. The lowest BCUT2D eigenvalue weighted by molar-refractivity contribution is 0.152. The zero-order valence-corrected chi connectivity index (χ0v) is 17.1. The average Bonchev–Trinajstić information content (AvgIpc) is 3.26. The topological polar surface area (TPSA) is 68.6 Å². The van der Waals surface area contributed by atoms with E-state index in [1.165, 1.54) is 0 Å². The fourth-order valence-corrected chi connectivity index (χ4v) is 3.77. The molecular formula is C18H25Cl2N3O2S. The third kappa shape index (κ3) is 5.34. The van der Waals surface area contributed by atoms with E-state index in [2.05, 4.69) is 10.2 Å². The van der Waals surface area contributed by atoms with Crippen LogP contribution in [0.5, 0.6) is 5.75 Å². The van der Waals surface area contributed by atoms with Crippen molar-refractivity contribution in [3.05, 3.63) is 46.2 Å². The zero-order chi connectivity index (χ0) is 16.9. The Morgan fingerprint density at radius 3 is 2.85 bits per heavy atom. The molecule has 1 aromatic carbocycles. The number of methoxy groups -OCH3 is 1. The van der Waals surface area contributed by atoms with Crippen molar-refractivity contribution in [2.75, 3.05) is 25.6 Å². The first-order chi connectivity index (χ1) is 11.7. The number of benzene rings is 1. The Labute approximate surface area is 170 Å². The van der Waals surface area contributed by atoms with E-state index >= 15 is 0 Å². The first kappa shape index (κ1) is 22.7. The Balaban J connectivity index is 0.00000169. The van der Waals surface area contributed by atoms with E-state index in [-0.39, 0.29) is 37.5 Å². The highest BCUT2D eigenvalue weighted by Crippen LogP contribution is 2.28. The second kappa shape index (κ2) is 10.7. The quantitative estimate of drug-likeness (QED) is 0.490. The van der Waals surface area contributed by atoms with E-state index in [0.717, 1.165) is 47.8 Å². The number of aliphatic hydroxyl groups excluding tert-OH is 1. The Kier molecular flexibility index (Phi) is 9.39. The van der Waals surface area contributed by atoms with Crippen molar-refractivity contribution in [2.45, 2.75) is 25.4 Å². The van der Waals surface area contributed by atoms with Gasteiger partial charge in [0.1, 0.15) is 11.6 Å². The number of halogens is 2. The van der Waals surface area contributed by atoms with Gasteiger partial charge in [-0.3, -0.25) is 10.3 Å². The second-order valence-electron chi connectivity index (χ2n) is 5.95. The molecule has 1 saturated heterocycles. The fourth-order valence-electron chi connectivity index (χ4n) is 3.14. The standard InChI is InChI=1S/C18H23N3O2S.2ClH/c1-23-16-7-6-14(20-18(19)17-5-3-9-24-17)10-13(16)11-21-8-2-4-15(21)12-22;;/h3,5-7,9-10,15,22H,2,4,8,11-12H2,1H3,(H2,19,20);2*1H/t15-;;/m0../s1. The number of nitrogens with one attached hydrogen (secondary N) is 2. The van der Waals surface area contributed by atoms with Crippen LogP contribution in [0.1, 0.15) is 23.3 Å². The largest absolute Gasteiger partial charge is 0.496 e. The minimum absolute atomic E-state index is 0. The van der Waals surface area contributed by atoms with Crippen LogP contribution < -0.4 is 10.1 Å². The zero-order valence-electron chi connectivity index (χ0n) is 14.6. The molecule has 0 amide bonds. The molecule has 144 valence electrons. The van der Waals surface area contributed by atoms with Gasteiger partial charge in [0.2, 0.25) is 0 Å². The van der Waals surface area contributed by atoms with Gasteiger partial charge in [-0.1, -0.05) is 6.07 Å². The van der Waals surface area contributed by atoms with Crippen LogP contribution >= 0.6 is 36.2 Å². The molecule has 0 spiro atoms. The van der Waals surface area contributed by atoms with Crippen molar-refractivity contribution in [1.29, 1.82) is 5.41 Å². The summed E-state index contributed by atoms with van der Waals surface area (Å²) in [6.45, 7) is 1.94. The number of thiophene rings is 1. The van der Waals surface area contributed by atoms with Crippen LogP contribution in [0.2, 0.25) is 0 Å². The van der Waals surface area contributed by atoms with Gasteiger partial charge in [0.25, 0.3) is 0 Å². The molecule has 2 heterocycles. The molecule has 0 unspecified atom stereocenters. The smallest absolute Gasteiger partial charge is 0.140 e. The molecule has 5 nitrogen and oxygen atoms in total. The summed E-state index contributed by atoms with van der Waals surface area (Å²) in [5, 5.41) is 22.8. The Morgan fingerprint density at radius 1 is 1.38 bits per heavy atom. The van der Waals surface area contributed by atoms with Crippen molar-refractivity contribution < 1.29 is 9.84 Å². The van der Waals surface area contributed by atoms with Crippen molar-refractivity contribution in [3.63, 3.8) is 0 Å². The Morgan fingerprint density at radius 2 is 2.19 bits per heavy atom. The lowest BCUT2D eigenvalue weighted by Crippen LogP contribution is -2.31. The molecule has 26 heavy (non-hydrogen) atoms. The van der Waals surface area contributed by atoms with Gasteiger partial charge < -0.3 is 15.2 Å². The van der Waals surface area contributed by atoms with E-state index in [0.29, 0.717) is 5.84 Å². The third-order valence-corrected chi connectivity index (χ3v) is 5.29. The minimum Gasteiger partial charge on any atom is -0.496 e. The van der Waals surface area contributed by atoms with Crippen molar-refractivity contribution in [2.24, 2.45) is 0 Å². The van der Waals surface area contributed by atoms with E-state index in [9.17, 15) is 5.11 Å². The van der Waals surface area contributed by atoms with Crippen LogP contribution in [-0.2, 0) is 6.54 Å². The normalized spacial score (nSPS) is 16.5. The maximum Gasteiger partial charge on any atom is 0.140 e. The molecule has 1 fully saturated rings. The van der Waals surface area contributed by atoms with Gasteiger partial charge in [-0.2, -0.15) is 0 Å². The van der Waals surface area contributed by atoms with E-state index < -0.39 is 0 Å². The number of rotatable bonds is 6. The highest BCUT2D eigenvalue weighted by Gasteiger charge is 2.24. The van der Waals surface area contributed by atoms with Crippen LogP contribution in [-0.4, -0.2) is 42.1 Å². The lowest BCUT2D eigenvalue weighted by Gasteiger charge is -2.24. The van der Waals surface area contributed by atoms with Gasteiger partial charge in [0.05, 0.1) is 18.6 Å². The van der Waals surface area contributed by atoms with Crippen LogP contribution in [0.15, 0.2) is 35.7 Å². The summed E-state index contributed by atoms with van der Waals surface area (Å²) in [4.78, 5) is 3.21. The SMILES string of the molecule is COc1ccc(NC(=N)c2cccs2)cc1CN1CCC[C@H]1CO.Cl.Cl. The van der Waals surface area contributed by atoms with Gasteiger partial charge in [-0.15, -0.1) is 36.2 Å². The Hall–Kier alpha value is -1.31. The van der Waals surface area contributed by atoms with Crippen LogP contribution in [0.4, 0.5) is 5.69 Å². The van der Waals surface area contributed by atoms with Gasteiger partial charge >= 0.3 is 0 Å². The first-order valence-corrected chi connectivity index (χ1v) is 9.00. The maximum absolute atomic E-state index is 9.51.